The van der Waals surface area contributed by atoms with Crippen molar-refractivity contribution in [2.45, 2.75) is 18.9 Å². The molecule has 0 saturated carbocycles. The molecule has 2 aliphatic rings. The minimum Gasteiger partial charge on any atom is -0.491 e. The topological polar surface area (TPSA) is 96.5 Å². The van der Waals surface area contributed by atoms with Gasteiger partial charge in [-0.15, -0.1) is 0 Å². The van der Waals surface area contributed by atoms with Crippen molar-refractivity contribution in [3.63, 3.8) is 0 Å². The number of halogens is 1. The van der Waals surface area contributed by atoms with Crippen molar-refractivity contribution < 1.29 is 23.5 Å². The van der Waals surface area contributed by atoms with Crippen LogP contribution in [-0.4, -0.2) is 24.5 Å². The number of hydrogen-bond donors (Lipinski definition) is 3. The zero-order chi connectivity index (χ0) is 15.2. The molecule has 1 fully saturated rings. The fraction of sp³-hybridized carbons (Fsp3) is 0.308. The summed E-state index contributed by atoms with van der Waals surface area (Å²) in [5.74, 6) is -1.41. The molecular formula is C13H12FN3O4. The molecule has 1 aromatic rings. The van der Waals surface area contributed by atoms with Gasteiger partial charge in [-0.3, -0.25) is 14.9 Å². The van der Waals surface area contributed by atoms with Crippen LogP contribution in [0.1, 0.15) is 18.9 Å². The van der Waals surface area contributed by atoms with Crippen LogP contribution in [0.3, 0.4) is 0 Å². The number of nitrogens with one attached hydrogen (secondary N) is 3. The molecule has 0 unspecified atom stereocenters. The minimum atomic E-state index is -1.36. The van der Waals surface area contributed by atoms with Gasteiger partial charge in [0, 0.05) is 25.0 Å². The third-order valence-corrected chi connectivity index (χ3v) is 3.49. The van der Waals surface area contributed by atoms with Gasteiger partial charge in [-0.05, 0) is 6.07 Å². The Balaban J connectivity index is 2.18. The second-order valence-corrected chi connectivity index (χ2v) is 4.92. The fourth-order valence-electron chi connectivity index (χ4n) is 2.65. The molecule has 0 aromatic heterocycles. The summed E-state index contributed by atoms with van der Waals surface area (Å²) in [5, 5.41) is 7.13. The Labute approximate surface area is 118 Å². The molecular weight excluding hydrogens is 281 g/mol. The van der Waals surface area contributed by atoms with Crippen molar-refractivity contribution in [1.29, 1.82) is 0 Å². The van der Waals surface area contributed by atoms with E-state index in [1.807, 2.05) is 0 Å². The van der Waals surface area contributed by atoms with E-state index < -0.39 is 29.2 Å². The third kappa shape index (κ3) is 1.99. The maximum Gasteiger partial charge on any atom is 0.322 e. The van der Waals surface area contributed by atoms with E-state index in [4.69, 9.17) is 4.74 Å². The Morgan fingerprint density at radius 3 is 2.81 bits per heavy atom. The van der Waals surface area contributed by atoms with E-state index >= 15 is 0 Å². The number of fused-ring (bicyclic) bond motifs is 2. The van der Waals surface area contributed by atoms with Crippen LogP contribution >= 0.6 is 0 Å². The van der Waals surface area contributed by atoms with Crippen LogP contribution in [0.2, 0.25) is 0 Å². The lowest BCUT2D eigenvalue weighted by molar-refractivity contribution is -0.125. The molecule has 3 rings (SSSR count). The van der Waals surface area contributed by atoms with E-state index in [1.165, 1.54) is 6.92 Å². The van der Waals surface area contributed by atoms with Gasteiger partial charge in [-0.1, -0.05) is 0 Å². The number of urea groups is 1. The highest BCUT2D eigenvalue weighted by Gasteiger charge is 2.51. The summed E-state index contributed by atoms with van der Waals surface area (Å²) in [7, 11) is 0. The first kappa shape index (κ1) is 13.3. The molecule has 0 aliphatic carbocycles. The van der Waals surface area contributed by atoms with Gasteiger partial charge in [0.15, 0.2) is 5.54 Å². The summed E-state index contributed by atoms with van der Waals surface area (Å²) in [6, 6.07) is 1.59. The van der Waals surface area contributed by atoms with Crippen molar-refractivity contribution in [3.8, 4) is 5.75 Å². The summed E-state index contributed by atoms with van der Waals surface area (Å²) < 4.78 is 19.3. The van der Waals surface area contributed by atoms with Crippen LogP contribution in [0.15, 0.2) is 12.1 Å². The Bertz CT molecular complexity index is 676. The number of hydrogen-bond acceptors (Lipinski definition) is 4. The number of carbonyl (C=O) groups is 3. The average molecular weight is 293 g/mol. The molecule has 21 heavy (non-hydrogen) atoms. The summed E-state index contributed by atoms with van der Waals surface area (Å²) in [6.07, 6.45) is 0.181. The predicted octanol–water partition coefficient (Wildman–Crippen LogP) is 0.601. The van der Waals surface area contributed by atoms with Crippen LogP contribution in [0.25, 0.3) is 0 Å². The standard InChI is InChI=1S/C13H12FN3O4/c1-6(18)15-9-5-7(14)4-8-10(9)21-3-2-13(8)11(19)16-12(20)17-13/h4-5H,2-3H2,1H3,(H,15,18)(H2,16,17,19,20)/t13-/m0/s1. The molecule has 1 spiro atoms. The summed E-state index contributed by atoms with van der Waals surface area (Å²) >= 11 is 0. The zero-order valence-electron chi connectivity index (χ0n) is 11.1. The lowest BCUT2D eigenvalue weighted by Crippen LogP contribution is -2.47. The molecule has 1 atom stereocenters. The number of amides is 4. The largest absolute Gasteiger partial charge is 0.491 e. The van der Waals surface area contributed by atoms with Gasteiger partial charge < -0.3 is 15.4 Å². The molecule has 1 aromatic carbocycles. The number of imide groups is 1. The number of carbonyl (C=O) groups excluding carboxylic acids is 3. The first-order valence-corrected chi connectivity index (χ1v) is 6.30. The van der Waals surface area contributed by atoms with E-state index in [2.05, 4.69) is 16.0 Å². The van der Waals surface area contributed by atoms with Crippen molar-refractivity contribution in [1.82, 2.24) is 10.6 Å². The lowest BCUT2D eigenvalue weighted by Gasteiger charge is -2.33. The van der Waals surface area contributed by atoms with Crippen LogP contribution in [0.4, 0.5) is 14.9 Å². The smallest absolute Gasteiger partial charge is 0.322 e. The Hall–Kier alpha value is -2.64. The van der Waals surface area contributed by atoms with Crippen molar-refractivity contribution >= 4 is 23.5 Å². The van der Waals surface area contributed by atoms with Crippen LogP contribution < -0.4 is 20.7 Å². The number of anilines is 1. The summed E-state index contributed by atoms with van der Waals surface area (Å²) in [4.78, 5) is 34.7. The Kier molecular flexibility index (Phi) is 2.82. The molecule has 0 bridgehead atoms. The van der Waals surface area contributed by atoms with E-state index in [0.29, 0.717) is 0 Å². The van der Waals surface area contributed by atoms with Crippen LogP contribution in [-0.2, 0) is 15.1 Å². The molecule has 110 valence electrons. The molecule has 2 heterocycles. The lowest BCUT2D eigenvalue weighted by atomic mass is 9.84. The van der Waals surface area contributed by atoms with Crippen molar-refractivity contribution in [2.75, 3.05) is 11.9 Å². The van der Waals surface area contributed by atoms with Gasteiger partial charge >= 0.3 is 6.03 Å². The first-order chi connectivity index (χ1) is 9.92. The SMILES string of the molecule is CC(=O)Nc1cc(F)cc2c1OCC[C@]21NC(=O)NC1=O. The van der Waals surface area contributed by atoms with Gasteiger partial charge in [0.25, 0.3) is 5.91 Å². The predicted molar refractivity (Wildman–Crippen MR) is 69.2 cm³/mol. The molecule has 7 nitrogen and oxygen atoms in total. The molecule has 8 heteroatoms. The summed E-state index contributed by atoms with van der Waals surface area (Å²) in [6.45, 7) is 1.43. The second-order valence-electron chi connectivity index (χ2n) is 4.92. The van der Waals surface area contributed by atoms with Crippen LogP contribution in [0, 0.1) is 5.82 Å². The maximum absolute atomic E-state index is 13.8. The normalized spacial score (nSPS) is 23.1. The fourth-order valence-corrected chi connectivity index (χ4v) is 2.65. The van der Waals surface area contributed by atoms with Gasteiger partial charge in [-0.25, -0.2) is 9.18 Å². The quantitative estimate of drug-likeness (QED) is 0.661. The van der Waals surface area contributed by atoms with Gasteiger partial charge in [0.2, 0.25) is 5.91 Å². The van der Waals surface area contributed by atoms with Crippen LogP contribution in [0.5, 0.6) is 5.75 Å². The summed E-state index contributed by atoms with van der Waals surface area (Å²) in [5.41, 5.74) is -1.04. The molecule has 4 amide bonds. The number of benzene rings is 1. The van der Waals surface area contributed by atoms with Crippen molar-refractivity contribution in [3.05, 3.63) is 23.5 Å². The third-order valence-electron chi connectivity index (χ3n) is 3.49. The van der Waals surface area contributed by atoms with Gasteiger partial charge in [0.05, 0.1) is 12.3 Å². The van der Waals surface area contributed by atoms with Crippen molar-refractivity contribution in [2.24, 2.45) is 0 Å². The van der Waals surface area contributed by atoms with Gasteiger partial charge in [-0.2, -0.15) is 0 Å². The molecule has 1 saturated heterocycles. The highest BCUT2D eigenvalue weighted by molar-refractivity contribution is 6.08. The average Bonchev–Trinajstić information content (AvgIpc) is 2.65. The molecule has 0 radical (unpaired) electrons. The second kappa shape index (κ2) is 4.44. The number of ether oxygens (including phenoxy) is 1. The minimum absolute atomic E-state index is 0.130. The molecule has 3 N–H and O–H groups in total. The zero-order valence-corrected chi connectivity index (χ0v) is 11.1. The monoisotopic (exact) mass is 293 g/mol. The highest BCUT2D eigenvalue weighted by Crippen LogP contribution is 2.43. The van der Waals surface area contributed by atoms with E-state index in [0.717, 1.165) is 12.1 Å². The molecule has 2 aliphatic heterocycles. The maximum atomic E-state index is 13.8. The van der Waals surface area contributed by atoms with E-state index in [9.17, 15) is 18.8 Å². The van der Waals surface area contributed by atoms with E-state index in [-0.39, 0.29) is 30.0 Å². The first-order valence-electron chi connectivity index (χ1n) is 6.30. The van der Waals surface area contributed by atoms with E-state index in [1.54, 1.807) is 0 Å². The highest BCUT2D eigenvalue weighted by atomic mass is 19.1. The van der Waals surface area contributed by atoms with Gasteiger partial charge in [0.1, 0.15) is 11.6 Å². The number of rotatable bonds is 1. The Morgan fingerprint density at radius 2 is 2.19 bits per heavy atom. The Morgan fingerprint density at radius 1 is 1.43 bits per heavy atom.